The monoisotopic (exact) mass is 268 g/mol. The Morgan fingerprint density at radius 1 is 1.22 bits per heavy atom. The molecule has 2 rings (SSSR count). The molecule has 2 nitrogen and oxygen atoms in total. The summed E-state index contributed by atoms with van der Waals surface area (Å²) in [6, 6.07) is 11.6. The molecule has 3 heteroatoms. The van der Waals surface area contributed by atoms with Crippen LogP contribution in [0.2, 0.25) is 0 Å². The van der Waals surface area contributed by atoms with Gasteiger partial charge >= 0.3 is 0 Å². The third-order valence-corrected chi connectivity index (χ3v) is 3.63. The van der Waals surface area contributed by atoms with E-state index in [0.29, 0.717) is 6.04 Å². The van der Waals surface area contributed by atoms with Crippen LogP contribution >= 0.6 is 12.4 Å². The molecule has 1 aliphatic rings. The van der Waals surface area contributed by atoms with Crippen LogP contribution < -0.4 is 5.73 Å². The van der Waals surface area contributed by atoms with Crippen molar-refractivity contribution < 1.29 is 0 Å². The molecule has 0 saturated heterocycles. The van der Waals surface area contributed by atoms with Crippen LogP contribution in [0.15, 0.2) is 30.3 Å². The van der Waals surface area contributed by atoms with Crippen LogP contribution in [0, 0.1) is 5.92 Å². The van der Waals surface area contributed by atoms with E-state index in [4.69, 9.17) is 5.73 Å². The van der Waals surface area contributed by atoms with Gasteiger partial charge in [0.2, 0.25) is 0 Å². The molecule has 0 aliphatic heterocycles. The Morgan fingerprint density at radius 3 is 2.33 bits per heavy atom. The van der Waals surface area contributed by atoms with E-state index in [1.54, 1.807) is 0 Å². The number of rotatable bonds is 6. The predicted molar refractivity (Wildman–Crippen MR) is 79.9 cm³/mol. The molecular formula is C15H25ClN2. The molecule has 1 aromatic carbocycles. The molecule has 2 unspecified atom stereocenters. The average molecular weight is 269 g/mol. The Morgan fingerprint density at radius 2 is 1.83 bits per heavy atom. The van der Waals surface area contributed by atoms with E-state index in [-0.39, 0.29) is 18.4 Å². The molecule has 1 aromatic rings. The van der Waals surface area contributed by atoms with Gasteiger partial charge in [-0.15, -0.1) is 12.4 Å². The Balaban J connectivity index is 0.00000162. The van der Waals surface area contributed by atoms with E-state index < -0.39 is 0 Å². The van der Waals surface area contributed by atoms with Gasteiger partial charge in [-0.3, -0.25) is 4.90 Å². The fourth-order valence-electron chi connectivity index (χ4n) is 2.44. The Hall–Kier alpha value is -0.570. The van der Waals surface area contributed by atoms with E-state index in [1.807, 2.05) is 0 Å². The summed E-state index contributed by atoms with van der Waals surface area (Å²) < 4.78 is 0. The highest BCUT2D eigenvalue weighted by Gasteiger charge is 2.32. The van der Waals surface area contributed by atoms with Crippen LogP contribution in [0.4, 0.5) is 0 Å². The summed E-state index contributed by atoms with van der Waals surface area (Å²) in [5, 5.41) is 0. The second-order valence-corrected chi connectivity index (χ2v) is 5.47. The molecule has 1 saturated carbocycles. The largest absolute Gasteiger partial charge is 0.327 e. The minimum atomic E-state index is 0. The minimum Gasteiger partial charge on any atom is -0.327 e. The van der Waals surface area contributed by atoms with Gasteiger partial charge in [-0.1, -0.05) is 30.3 Å². The van der Waals surface area contributed by atoms with E-state index in [9.17, 15) is 0 Å². The van der Waals surface area contributed by atoms with Gasteiger partial charge in [0.25, 0.3) is 0 Å². The smallest absolute Gasteiger partial charge is 0.0237 e. The summed E-state index contributed by atoms with van der Waals surface area (Å²) in [6.07, 6.45) is 2.79. The number of nitrogens with two attached hydrogens (primary N) is 1. The average Bonchev–Trinajstić information content (AvgIpc) is 3.12. The van der Waals surface area contributed by atoms with Crippen LogP contribution in [0.25, 0.3) is 0 Å². The lowest BCUT2D eigenvalue weighted by molar-refractivity contribution is 0.172. The van der Waals surface area contributed by atoms with Crippen LogP contribution in [-0.4, -0.2) is 23.5 Å². The molecule has 2 N–H and O–H groups in total. The van der Waals surface area contributed by atoms with Crippen molar-refractivity contribution in [2.45, 2.75) is 45.3 Å². The standard InChI is InChI=1S/C15H24N2.ClH/c1-12(16)10-17(13(2)15-8-9-15)11-14-6-4-3-5-7-14;/h3-7,12-13,15H,8-11,16H2,1-2H3;1H. The first-order valence-electron chi connectivity index (χ1n) is 6.70. The number of halogens is 1. The van der Waals surface area contributed by atoms with Gasteiger partial charge in [0.15, 0.2) is 0 Å². The SMILES string of the molecule is CC(N)CN(Cc1ccccc1)C(C)C1CC1.Cl. The second-order valence-electron chi connectivity index (χ2n) is 5.47. The van der Waals surface area contributed by atoms with Crippen LogP contribution in [0.1, 0.15) is 32.3 Å². The molecule has 102 valence electrons. The summed E-state index contributed by atoms with van der Waals surface area (Å²) in [6.45, 7) is 6.47. The lowest BCUT2D eigenvalue weighted by Gasteiger charge is -2.30. The minimum absolute atomic E-state index is 0. The lowest BCUT2D eigenvalue weighted by atomic mass is 10.1. The van der Waals surface area contributed by atoms with Crippen LogP contribution in [-0.2, 0) is 6.54 Å². The van der Waals surface area contributed by atoms with Crippen LogP contribution in [0.3, 0.4) is 0 Å². The predicted octanol–water partition coefficient (Wildman–Crippen LogP) is 3.06. The zero-order chi connectivity index (χ0) is 12.3. The molecule has 0 amide bonds. The quantitative estimate of drug-likeness (QED) is 0.859. The van der Waals surface area contributed by atoms with E-state index >= 15 is 0 Å². The highest BCUT2D eigenvalue weighted by Crippen LogP contribution is 2.35. The number of benzene rings is 1. The van der Waals surface area contributed by atoms with Gasteiger partial charge < -0.3 is 5.73 Å². The zero-order valence-corrected chi connectivity index (χ0v) is 12.2. The van der Waals surface area contributed by atoms with Gasteiger partial charge in [0.05, 0.1) is 0 Å². The molecule has 0 spiro atoms. The molecule has 2 atom stereocenters. The first-order valence-corrected chi connectivity index (χ1v) is 6.70. The third kappa shape index (κ3) is 4.60. The highest BCUT2D eigenvalue weighted by molar-refractivity contribution is 5.85. The summed E-state index contributed by atoms with van der Waals surface area (Å²) in [4.78, 5) is 2.54. The van der Waals surface area contributed by atoms with Crippen molar-refractivity contribution in [2.24, 2.45) is 11.7 Å². The molecular weight excluding hydrogens is 244 g/mol. The maximum Gasteiger partial charge on any atom is 0.0237 e. The summed E-state index contributed by atoms with van der Waals surface area (Å²) >= 11 is 0. The molecule has 1 aliphatic carbocycles. The van der Waals surface area contributed by atoms with Crippen LogP contribution in [0.5, 0.6) is 0 Å². The topological polar surface area (TPSA) is 29.3 Å². The lowest BCUT2D eigenvalue weighted by Crippen LogP contribution is -2.41. The molecule has 0 aromatic heterocycles. The summed E-state index contributed by atoms with van der Waals surface area (Å²) in [7, 11) is 0. The maximum absolute atomic E-state index is 5.96. The fourth-order valence-corrected chi connectivity index (χ4v) is 2.44. The Kier molecular flexibility index (Phi) is 6.13. The number of hydrogen-bond donors (Lipinski definition) is 1. The fraction of sp³-hybridized carbons (Fsp3) is 0.600. The van der Waals surface area contributed by atoms with Gasteiger partial charge in [-0.2, -0.15) is 0 Å². The highest BCUT2D eigenvalue weighted by atomic mass is 35.5. The first-order chi connectivity index (χ1) is 8.16. The van der Waals surface area contributed by atoms with Gasteiger partial charge in [0, 0.05) is 25.2 Å². The van der Waals surface area contributed by atoms with Crippen molar-refractivity contribution in [2.75, 3.05) is 6.54 Å². The van der Waals surface area contributed by atoms with Gasteiger partial charge in [-0.05, 0) is 38.2 Å². The van der Waals surface area contributed by atoms with Crippen molar-refractivity contribution in [3.63, 3.8) is 0 Å². The summed E-state index contributed by atoms with van der Waals surface area (Å²) in [5.41, 5.74) is 7.35. The molecule has 1 fully saturated rings. The molecule has 18 heavy (non-hydrogen) atoms. The zero-order valence-electron chi connectivity index (χ0n) is 11.4. The van der Waals surface area contributed by atoms with E-state index in [1.165, 1.54) is 18.4 Å². The van der Waals surface area contributed by atoms with Crippen molar-refractivity contribution in [3.05, 3.63) is 35.9 Å². The Labute approximate surface area is 117 Å². The second kappa shape index (κ2) is 7.13. The summed E-state index contributed by atoms with van der Waals surface area (Å²) in [5.74, 6) is 0.900. The normalized spacial score (nSPS) is 18.2. The van der Waals surface area contributed by atoms with Crippen molar-refractivity contribution >= 4 is 12.4 Å². The molecule has 0 radical (unpaired) electrons. The first kappa shape index (κ1) is 15.5. The van der Waals surface area contributed by atoms with Crippen molar-refractivity contribution in [3.8, 4) is 0 Å². The third-order valence-electron chi connectivity index (χ3n) is 3.63. The van der Waals surface area contributed by atoms with E-state index in [0.717, 1.165) is 19.0 Å². The maximum atomic E-state index is 5.96. The van der Waals surface area contributed by atoms with Crippen molar-refractivity contribution in [1.82, 2.24) is 4.90 Å². The molecule has 0 bridgehead atoms. The molecule has 0 heterocycles. The van der Waals surface area contributed by atoms with E-state index in [2.05, 4.69) is 49.1 Å². The number of hydrogen-bond acceptors (Lipinski definition) is 2. The van der Waals surface area contributed by atoms with Gasteiger partial charge in [-0.25, -0.2) is 0 Å². The van der Waals surface area contributed by atoms with Gasteiger partial charge in [0.1, 0.15) is 0 Å². The van der Waals surface area contributed by atoms with Crippen molar-refractivity contribution in [1.29, 1.82) is 0 Å². The Bertz CT molecular complexity index is 336. The number of nitrogens with zero attached hydrogens (tertiary/aromatic N) is 1.